The maximum Gasteiger partial charge on any atom is 0.248 e. The Morgan fingerprint density at radius 3 is 2.45 bits per heavy atom. The molecule has 2 fully saturated rings. The molecule has 0 aromatic heterocycles. The summed E-state index contributed by atoms with van der Waals surface area (Å²) >= 11 is 0. The minimum atomic E-state index is -0.830. The maximum atomic E-state index is 12.8. The highest BCUT2D eigenvalue weighted by Crippen LogP contribution is 2.33. The average molecular weight is 282 g/mol. The van der Waals surface area contributed by atoms with Crippen molar-refractivity contribution in [1.29, 1.82) is 0 Å². The van der Waals surface area contributed by atoms with Crippen LogP contribution < -0.4 is 5.32 Å². The number of amides is 2. The smallest absolute Gasteiger partial charge is 0.248 e. The van der Waals surface area contributed by atoms with E-state index < -0.39 is 11.1 Å². The zero-order chi connectivity index (χ0) is 15.0. The Kier molecular flexibility index (Phi) is 4.09. The van der Waals surface area contributed by atoms with Gasteiger partial charge >= 0.3 is 0 Å². The van der Waals surface area contributed by atoms with Gasteiger partial charge < -0.3 is 15.0 Å². The lowest BCUT2D eigenvalue weighted by molar-refractivity contribution is -0.164. The Bertz CT molecular complexity index is 396. The van der Waals surface area contributed by atoms with Gasteiger partial charge in [-0.15, -0.1) is 0 Å². The number of piperazine rings is 1. The number of carbonyl (C=O) groups is 2. The lowest BCUT2D eigenvalue weighted by Gasteiger charge is -2.51. The van der Waals surface area contributed by atoms with E-state index in [0.717, 1.165) is 19.4 Å². The molecular weight excluding hydrogens is 256 g/mol. The highest BCUT2D eigenvalue weighted by atomic mass is 16.5. The molecule has 2 saturated heterocycles. The molecule has 0 aromatic rings. The second-order valence-corrected chi connectivity index (χ2v) is 6.37. The molecule has 2 aliphatic heterocycles. The van der Waals surface area contributed by atoms with E-state index >= 15 is 0 Å². The minimum Gasteiger partial charge on any atom is -0.376 e. The number of ether oxygens (including phenoxy) is 1. The van der Waals surface area contributed by atoms with Gasteiger partial charge in [-0.05, 0) is 39.5 Å². The standard InChI is InChI=1S/C15H26N2O3/c1-5-15(6-2)12(18)16-14(3,4)13(19)17(15)10-11-8-7-9-20-11/h11H,5-10H2,1-4H3,(H,16,18). The molecule has 5 nitrogen and oxygen atoms in total. The fourth-order valence-electron chi connectivity index (χ4n) is 3.31. The molecule has 0 aliphatic carbocycles. The van der Waals surface area contributed by atoms with Crippen molar-refractivity contribution >= 4 is 11.8 Å². The third kappa shape index (κ3) is 2.32. The van der Waals surface area contributed by atoms with E-state index in [-0.39, 0.29) is 17.9 Å². The van der Waals surface area contributed by atoms with Crippen molar-refractivity contribution in [2.75, 3.05) is 13.2 Å². The van der Waals surface area contributed by atoms with E-state index in [1.165, 1.54) is 0 Å². The van der Waals surface area contributed by atoms with Crippen molar-refractivity contribution in [1.82, 2.24) is 10.2 Å². The first-order valence-corrected chi connectivity index (χ1v) is 7.63. The third-order valence-corrected chi connectivity index (χ3v) is 4.73. The Labute approximate surface area is 121 Å². The van der Waals surface area contributed by atoms with Gasteiger partial charge in [0.2, 0.25) is 11.8 Å². The van der Waals surface area contributed by atoms with Crippen LogP contribution in [0.3, 0.4) is 0 Å². The normalized spacial score (nSPS) is 28.6. The molecule has 2 heterocycles. The summed E-state index contributed by atoms with van der Waals surface area (Å²) in [5.74, 6) is -0.0404. The van der Waals surface area contributed by atoms with Gasteiger partial charge in [-0.2, -0.15) is 0 Å². The van der Waals surface area contributed by atoms with Crippen molar-refractivity contribution in [2.24, 2.45) is 0 Å². The summed E-state index contributed by atoms with van der Waals surface area (Å²) < 4.78 is 5.66. The first-order valence-electron chi connectivity index (χ1n) is 7.63. The molecule has 0 aromatic carbocycles. The molecular formula is C15H26N2O3. The molecule has 5 heteroatoms. The zero-order valence-corrected chi connectivity index (χ0v) is 13.0. The van der Waals surface area contributed by atoms with E-state index in [1.54, 1.807) is 18.7 Å². The van der Waals surface area contributed by atoms with Gasteiger partial charge in [-0.25, -0.2) is 0 Å². The summed E-state index contributed by atoms with van der Waals surface area (Å²) in [6.45, 7) is 8.76. The van der Waals surface area contributed by atoms with E-state index in [9.17, 15) is 9.59 Å². The molecule has 2 rings (SSSR count). The van der Waals surface area contributed by atoms with E-state index in [1.807, 2.05) is 13.8 Å². The molecule has 0 radical (unpaired) electrons. The maximum absolute atomic E-state index is 12.8. The Balaban J connectivity index is 2.32. The number of rotatable bonds is 4. The first-order chi connectivity index (χ1) is 9.37. The van der Waals surface area contributed by atoms with Crippen LogP contribution in [-0.4, -0.2) is 47.0 Å². The Morgan fingerprint density at radius 2 is 1.95 bits per heavy atom. The molecule has 1 N–H and O–H groups in total. The summed E-state index contributed by atoms with van der Waals surface area (Å²) in [7, 11) is 0. The van der Waals surface area contributed by atoms with Gasteiger partial charge in [0.15, 0.2) is 0 Å². The molecule has 0 spiro atoms. The summed E-state index contributed by atoms with van der Waals surface area (Å²) in [5.41, 5.74) is -1.55. The monoisotopic (exact) mass is 282 g/mol. The summed E-state index contributed by atoms with van der Waals surface area (Å²) in [4.78, 5) is 27.1. The quantitative estimate of drug-likeness (QED) is 0.849. The predicted octanol–water partition coefficient (Wildman–Crippen LogP) is 1.46. The lowest BCUT2D eigenvalue weighted by atomic mass is 9.82. The molecule has 0 saturated carbocycles. The summed E-state index contributed by atoms with van der Waals surface area (Å²) in [5, 5.41) is 2.88. The van der Waals surface area contributed by atoms with E-state index in [0.29, 0.717) is 19.4 Å². The Morgan fingerprint density at radius 1 is 1.30 bits per heavy atom. The fraction of sp³-hybridized carbons (Fsp3) is 0.867. The molecule has 1 atom stereocenters. The third-order valence-electron chi connectivity index (χ3n) is 4.73. The molecule has 1 unspecified atom stereocenters. The van der Waals surface area contributed by atoms with Crippen molar-refractivity contribution in [3.8, 4) is 0 Å². The molecule has 2 aliphatic rings. The van der Waals surface area contributed by atoms with Crippen molar-refractivity contribution < 1.29 is 14.3 Å². The lowest BCUT2D eigenvalue weighted by Crippen LogP contribution is -2.74. The van der Waals surface area contributed by atoms with Gasteiger partial charge in [0, 0.05) is 13.2 Å². The van der Waals surface area contributed by atoms with Gasteiger partial charge in [0.05, 0.1) is 6.10 Å². The largest absolute Gasteiger partial charge is 0.376 e. The van der Waals surface area contributed by atoms with Crippen molar-refractivity contribution in [2.45, 2.75) is 70.6 Å². The van der Waals surface area contributed by atoms with Crippen LogP contribution in [-0.2, 0) is 14.3 Å². The number of carbonyl (C=O) groups excluding carboxylic acids is 2. The molecule has 0 bridgehead atoms. The molecule has 2 amide bonds. The predicted molar refractivity (Wildman–Crippen MR) is 76.2 cm³/mol. The number of nitrogens with zero attached hydrogens (tertiary/aromatic N) is 1. The van der Waals surface area contributed by atoms with Crippen LogP contribution in [0.2, 0.25) is 0 Å². The van der Waals surface area contributed by atoms with Gasteiger partial charge in [0.25, 0.3) is 0 Å². The Hall–Kier alpha value is -1.10. The summed E-state index contributed by atoms with van der Waals surface area (Å²) in [6, 6.07) is 0. The van der Waals surface area contributed by atoms with Gasteiger partial charge in [0.1, 0.15) is 11.1 Å². The van der Waals surface area contributed by atoms with Crippen LogP contribution in [0.25, 0.3) is 0 Å². The second kappa shape index (κ2) is 5.35. The van der Waals surface area contributed by atoms with Crippen LogP contribution >= 0.6 is 0 Å². The zero-order valence-electron chi connectivity index (χ0n) is 13.0. The average Bonchev–Trinajstić information content (AvgIpc) is 2.89. The molecule has 20 heavy (non-hydrogen) atoms. The SMILES string of the molecule is CCC1(CC)C(=O)NC(C)(C)C(=O)N1CC1CCCO1. The van der Waals surface area contributed by atoms with E-state index in [2.05, 4.69) is 5.32 Å². The highest BCUT2D eigenvalue weighted by Gasteiger charge is 2.53. The van der Waals surface area contributed by atoms with Crippen LogP contribution in [0.15, 0.2) is 0 Å². The van der Waals surface area contributed by atoms with Crippen molar-refractivity contribution in [3.63, 3.8) is 0 Å². The number of nitrogens with one attached hydrogen (secondary N) is 1. The highest BCUT2D eigenvalue weighted by molar-refractivity contribution is 6.01. The van der Waals surface area contributed by atoms with Crippen LogP contribution in [0, 0.1) is 0 Å². The van der Waals surface area contributed by atoms with Crippen molar-refractivity contribution in [3.05, 3.63) is 0 Å². The second-order valence-electron chi connectivity index (χ2n) is 6.37. The first kappa shape index (κ1) is 15.3. The summed E-state index contributed by atoms with van der Waals surface area (Å²) in [6.07, 6.45) is 3.33. The topological polar surface area (TPSA) is 58.6 Å². The van der Waals surface area contributed by atoms with E-state index in [4.69, 9.17) is 4.74 Å². The number of hydrogen-bond acceptors (Lipinski definition) is 3. The molecule has 114 valence electrons. The minimum absolute atomic E-state index is 0.00343. The van der Waals surface area contributed by atoms with Gasteiger partial charge in [-0.3, -0.25) is 9.59 Å². The fourth-order valence-corrected chi connectivity index (χ4v) is 3.31. The number of hydrogen-bond donors (Lipinski definition) is 1. The van der Waals surface area contributed by atoms with Gasteiger partial charge in [-0.1, -0.05) is 13.8 Å². The van der Waals surface area contributed by atoms with Crippen LogP contribution in [0.1, 0.15) is 53.4 Å². The van der Waals surface area contributed by atoms with Crippen LogP contribution in [0.4, 0.5) is 0 Å². The van der Waals surface area contributed by atoms with Crippen LogP contribution in [0.5, 0.6) is 0 Å².